The molecule has 0 N–H and O–H groups in total. The molecule has 1 atom stereocenters. The van der Waals surface area contributed by atoms with Crippen LogP contribution in [-0.2, 0) is 11.0 Å². The van der Waals surface area contributed by atoms with Crippen LogP contribution < -0.4 is 4.90 Å². The zero-order chi connectivity index (χ0) is 24.7. The van der Waals surface area contributed by atoms with Gasteiger partial charge >= 0.3 is 6.18 Å². The van der Waals surface area contributed by atoms with Gasteiger partial charge in [0, 0.05) is 39.4 Å². The fourth-order valence-electron chi connectivity index (χ4n) is 5.00. The molecule has 2 aromatic rings. The van der Waals surface area contributed by atoms with Crippen LogP contribution in [0.4, 0.5) is 18.9 Å². The second-order valence-electron chi connectivity index (χ2n) is 9.22. The summed E-state index contributed by atoms with van der Waals surface area (Å²) < 4.78 is 45.2. The molecular formula is C24H25F3N4O3. The lowest BCUT2D eigenvalue weighted by Gasteiger charge is -2.40. The van der Waals surface area contributed by atoms with Crippen LogP contribution in [0.3, 0.4) is 0 Å². The van der Waals surface area contributed by atoms with Gasteiger partial charge in [-0.25, -0.2) is 0 Å². The highest BCUT2D eigenvalue weighted by Crippen LogP contribution is 2.45. The van der Waals surface area contributed by atoms with Crippen LogP contribution in [0.1, 0.15) is 40.7 Å². The van der Waals surface area contributed by atoms with E-state index in [1.807, 2.05) is 4.90 Å². The molecule has 1 spiro atoms. The number of benzene rings is 1. The number of amides is 2. The number of halogens is 3. The van der Waals surface area contributed by atoms with Gasteiger partial charge in [0.05, 0.1) is 29.0 Å². The number of furan rings is 1. The first-order chi connectivity index (χ1) is 16.0. The molecule has 0 aliphatic carbocycles. The molecule has 0 saturated carbocycles. The average molecular weight is 474 g/mol. The zero-order valence-electron chi connectivity index (χ0n) is 18.9. The Bertz CT molecular complexity index is 1110. The van der Waals surface area contributed by atoms with E-state index in [1.165, 1.54) is 29.6 Å². The first kappa shape index (κ1) is 23.7. The summed E-state index contributed by atoms with van der Waals surface area (Å²) in [6.07, 6.45) is -0.0926. The van der Waals surface area contributed by atoms with Crippen molar-refractivity contribution in [3.63, 3.8) is 0 Å². The average Bonchev–Trinajstić information content (AvgIpc) is 3.46. The summed E-state index contributed by atoms with van der Waals surface area (Å²) in [6, 6.07) is 6.33. The van der Waals surface area contributed by atoms with Crippen molar-refractivity contribution in [1.29, 1.82) is 5.26 Å². The second kappa shape index (κ2) is 8.70. The van der Waals surface area contributed by atoms with Gasteiger partial charge in [-0.15, -0.1) is 0 Å². The fourth-order valence-corrected chi connectivity index (χ4v) is 5.00. The third-order valence-corrected chi connectivity index (χ3v) is 6.88. The van der Waals surface area contributed by atoms with Gasteiger partial charge in [-0.3, -0.25) is 9.59 Å². The fraction of sp³-hybridized carbons (Fsp3) is 0.458. The normalized spacial score (nSPS) is 19.8. The van der Waals surface area contributed by atoms with Crippen molar-refractivity contribution < 1.29 is 27.2 Å². The van der Waals surface area contributed by atoms with Gasteiger partial charge < -0.3 is 19.1 Å². The Morgan fingerprint density at radius 1 is 1.21 bits per heavy atom. The smallest absolute Gasteiger partial charge is 0.417 e. The number of likely N-dealkylation sites (N-methyl/N-ethyl adjacent to an activating group) is 1. The molecule has 4 rings (SSSR count). The van der Waals surface area contributed by atoms with Crippen molar-refractivity contribution in [2.45, 2.75) is 31.5 Å². The van der Waals surface area contributed by atoms with Crippen molar-refractivity contribution in [2.24, 2.45) is 5.41 Å². The van der Waals surface area contributed by atoms with E-state index in [1.54, 1.807) is 31.1 Å². The third-order valence-electron chi connectivity index (χ3n) is 6.88. The lowest BCUT2D eigenvalue weighted by Crippen LogP contribution is -2.45. The number of alkyl halides is 3. The molecule has 10 heteroatoms. The van der Waals surface area contributed by atoms with Crippen LogP contribution in [0.15, 0.2) is 41.2 Å². The first-order valence-corrected chi connectivity index (χ1v) is 11.0. The molecule has 34 heavy (non-hydrogen) atoms. The Morgan fingerprint density at radius 2 is 1.91 bits per heavy atom. The molecule has 0 bridgehead atoms. The van der Waals surface area contributed by atoms with E-state index >= 15 is 0 Å². The van der Waals surface area contributed by atoms with Gasteiger partial charge in [0.1, 0.15) is 12.3 Å². The number of hydrogen-bond donors (Lipinski definition) is 0. The number of carbonyl (C=O) groups excluding carboxylic acids is 2. The molecule has 3 heterocycles. The molecule has 1 aromatic carbocycles. The second-order valence-corrected chi connectivity index (χ2v) is 9.22. The summed E-state index contributed by atoms with van der Waals surface area (Å²) >= 11 is 0. The first-order valence-electron chi connectivity index (χ1n) is 11.0. The number of hydrogen-bond acceptors (Lipinski definition) is 5. The SMILES string of the molecule is CN(C)C(=O)C1CC2(CCN(c3ccc(C#N)c(C(F)(F)F)c3)CC2)CN1C(=O)c1ccoc1. The Kier molecular flexibility index (Phi) is 6.06. The van der Waals surface area contributed by atoms with Gasteiger partial charge in [0.25, 0.3) is 5.91 Å². The molecule has 7 nitrogen and oxygen atoms in total. The Balaban J connectivity index is 1.54. The predicted molar refractivity (Wildman–Crippen MR) is 117 cm³/mol. The molecule has 0 radical (unpaired) electrons. The molecule has 180 valence electrons. The van der Waals surface area contributed by atoms with E-state index in [4.69, 9.17) is 9.68 Å². The van der Waals surface area contributed by atoms with E-state index in [-0.39, 0.29) is 17.2 Å². The molecule has 2 amide bonds. The lowest BCUT2D eigenvalue weighted by molar-refractivity contribution is -0.137. The van der Waals surface area contributed by atoms with E-state index in [0.29, 0.717) is 50.1 Å². The summed E-state index contributed by atoms with van der Waals surface area (Å²) in [5, 5.41) is 9.04. The van der Waals surface area contributed by atoms with Gasteiger partial charge in [-0.2, -0.15) is 18.4 Å². The maximum absolute atomic E-state index is 13.4. The summed E-state index contributed by atoms with van der Waals surface area (Å²) in [5.41, 5.74) is -0.859. The van der Waals surface area contributed by atoms with E-state index in [9.17, 15) is 22.8 Å². The van der Waals surface area contributed by atoms with E-state index in [0.717, 1.165) is 6.07 Å². The van der Waals surface area contributed by atoms with E-state index < -0.39 is 23.3 Å². The van der Waals surface area contributed by atoms with E-state index in [2.05, 4.69) is 0 Å². The highest BCUT2D eigenvalue weighted by molar-refractivity contribution is 5.97. The lowest BCUT2D eigenvalue weighted by atomic mass is 9.76. The minimum absolute atomic E-state index is 0.155. The predicted octanol–water partition coefficient (Wildman–Crippen LogP) is 3.76. The zero-order valence-corrected chi connectivity index (χ0v) is 18.9. The van der Waals surface area contributed by atoms with Gasteiger partial charge in [-0.1, -0.05) is 0 Å². The van der Waals surface area contributed by atoms with Gasteiger partial charge in [-0.05, 0) is 48.9 Å². The highest BCUT2D eigenvalue weighted by Gasteiger charge is 2.50. The van der Waals surface area contributed by atoms with Crippen LogP contribution in [0.5, 0.6) is 0 Å². The number of nitrogens with zero attached hydrogens (tertiary/aromatic N) is 4. The highest BCUT2D eigenvalue weighted by atomic mass is 19.4. The minimum Gasteiger partial charge on any atom is -0.472 e. The number of likely N-dealkylation sites (tertiary alicyclic amines) is 1. The van der Waals surface area contributed by atoms with Crippen LogP contribution in [0, 0.1) is 16.7 Å². The third kappa shape index (κ3) is 4.34. The molecule has 2 saturated heterocycles. The Morgan fingerprint density at radius 3 is 2.47 bits per heavy atom. The maximum Gasteiger partial charge on any atom is 0.417 e. The van der Waals surface area contributed by atoms with Crippen molar-refractivity contribution >= 4 is 17.5 Å². The summed E-state index contributed by atoms with van der Waals surface area (Å²) in [4.78, 5) is 30.9. The standard InChI is InChI=1S/C24H25F3N4O3/c1-29(2)22(33)20-12-23(15-31(20)21(32)17-5-10-34-14-17)6-8-30(9-7-23)18-4-3-16(13-28)19(11-18)24(25,26)27/h3-5,10-11,14,20H,6-9,12,15H2,1-2H3. The number of carbonyl (C=O) groups is 2. The van der Waals surface area contributed by atoms with Gasteiger partial charge in [0.15, 0.2) is 0 Å². The summed E-state index contributed by atoms with van der Waals surface area (Å²) in [5.74, 6) is -0.423. The molecule has 2 aliphatic rings. The van der Waals surface area contributed by atoms with Crippen LogP contribution >= 0.6 is 0 Å². The van der Waals surface area contributed by atoms with Crippen molar-refractivity contribution in [2.75, 3.05) is 38.6 Å². The number of nitriles is 1. The minimum atomic E-state index is -4.61. The molecule has 2 fully saturated rings. The monoisotopic (exact) mass is 474 g/mol. The topological polar surface area (TPSA) is 80.8 Å². The van der Waals surface area contributed by atoms with Crippen LogP contribution in [-0.4, -0.2) is 61.4 Å². The summed E-state index contributed by atoms with van der Waals surface area (Å²) in [6.45, 7) is 1.37. The number of rotatable bonds is 3. The number of piperidine rings is 1. The van der Waals surface area contributed by atoms with Crippen molar-refractivity contribution in [3.05, 3.63) is 53.5 Å². The largest absolute Gasteiger partial charge is 0.472 e. The van der Waals surface area contributed by atoms with Gasteiger partial charge in [0.2, 0.25) is 5.91 Å². The van der Waals surface area contributed by atoms with Crippen molar-refractivity contribution in [1.82, 2.24) is 9.80 Å². The maximum atomic E-state index is 13.4. The number of anilines is 1. The molecular weight excluding hydrogens is 449 g/mol. The van der Waals surface area contributed by atoms with Crippen molar-refractivity contribution in [3.8, 4) is 6.07 Å². The molecule has 2 aliphatic heterocycles. The quantitative estimate of drug-likeness (QED) is 0.677. The summed E-state index contributed by atoms with van der Waals surface area (Å²) in [7, 11) is 3.30. The molecule has 1 aromatic heterocycles. The van der Waals surface area contributed by atoms with Crippen LogP contribution in [0.2, 0.25) is 0 Å². The Labute approximate surface area is 195 Å². The Hall–Kier alpha value is -3.48. The van der Waals surface area contributed by atoms with Crippen LogP contribution in [0.25, 0.3) is 0 Å². The molecule has 1 unspecified atom stereocenters.